The molecule has 0 radical (unpaired) electrons. The van der Waals surface area contributed by atoms with E-state index in [9.17, 15) is 4.79 Å². The zero-order chi connectivity index (χ0) is 12.1. The molecule has 0 aliphatic rings. The van der Waals surface area contributed by atoms with E-state index in [2.05, 4.69) is 4.98 Å². The van der Waals surface area contributed by atoms with Crippen LogP contribution in [0.25, 0.3) is 0 Å². The summed E-state index contributed by atoms with van der Waals surface area (Å²) in [7, 11) is 0. The van der Waals surface area contributed by atoms with Crippen LogP contribution in [0.15, 0.2) is 18.5 Å². The van der Waals surface area contributed by atoms with Gasteiger partial charge in [0.1, 0.15) is 5.75 Å². The van der Waals surface area contributed by atoms with Crippen molar-refractivity contribution in [2.75, 3.05) is 6.61 Å². The molecule has 0 saturated heterocycles. The molecular formula is C12H17NO3. The number of carboxylic acid groups (broad SMARTS) is 1. The number of hydrogen-bond donors (Lipinski definition) is 1. The predicted octanol–water partition coefficient (Wildman–Crippen LogP) is 2.30. The molecule has 1 heterocycles. The Morgan fingerprint density at radius 2 is 2.19 bits per heavy atom. The van der Waals surface area contributed by atoms with Gasteiger partial charge >= 0.3 is 5.97 Å². The fourth-order valence-corrected chi connectivity index (χ4v) is 1.66. The molecule has 0 amide bonds. The Morgan fingerprint density at radius 1 is 1.50 bits per heavy atom. The first-order valence-corrected chi connectivity index (χ1v) is 5.36. The Kier molecular flexibility index (Phi) is 4.28. The van der Waals surface area contributed by atoms with E-state index in [0.717, 1.165) is 0 Å². The van der Waals surface area contributed by atoms with Gasteiger partial charge in [-0.15, -0.1) is 0 Å². The summed E-state index contributed by atoms with van der Waals surface area (Å²) in [6.07, 6.45) is 3.17. The van der Waals surface area contributed by atoms with Crippen molar-refractivity contribution in [1.29, 1.82) is 0 Å². The van der Waals surface area contributed by atoms with E-state index in [4.69, 9.17) is 9.84 Å². The minimum atomic E-state index is -0.828. The van der Waals surface area contributed by atoms with Crippen LogP contribution in [-0.4, -0.2) is 22.7 Å². The van der Waals surface area contributed by atoms with Crippen LogP contribution in [0.3, 0.4) is 0 Å². The first kappa shape index (κ1) is 12.5. The zero-order valence-electron chi connectivity index (χ0n) is 9.80. The summed E-state index contributed by atoms with van der Waals surface area (Å²) < 4.78 is 5.30. The predicted molar refractivity (Wildman–Crippen MR) is 60.6 cm³/mol. The van der Waals surface area contributed by atoms with Crippen LogP contribution in [0.2, 0.25) is 0 Å². The van der Waals surface area contributed by atoms with Crippen LogP contribution in [-0.2, 0) is 4.79 Å². The van der Waals surface area contributed by atoms with Crippen molar-refractivity contribution < 1.29 is 14.6 Å². The fourth-order valence-electron chi connectivity index (χ4n) is 1.66. The van der Waals surface area contributed by atoms with Gasteiger partial charge in [0.2, 0.25) is 0 Å². The van der Waals surface area contributed by atoms with E-state index < -0.39 is 11.9 Å². The molecule has 4 nitrogen and oxygen atoms in total. The van der Waals surface area contributed by atoms with Crippen LogP contribution in [0.5, 0.6) is 5.75 Å². The molecule has 1 N–H and O–H groups in total. The molecule has 0 fully saturated rings. The number of aliphatic carboxylic acids is 1. The van der Waals surface area contributed by atoms with Gasteiger partial charge in [0.05, 0.1) is 18.7 Å². The number of pyridine rings is 1. The summed E-state index contributed by atoms with van der Waals surface area (Å²) >= 11 is 0. The second-order valence-corrected chi connectivity index (χ2v) is 3.95. The highest BCUT2D eigenvalue weighted by molar-refractivity contribution is 5.76. The average Bonchev–Trinajstić information content (AvgIpc) is 2.17. The van der Waals surface area contributed by atoms with Crippen LogP contribution in [0.4, 0.5) is 0 Å². The van der Waals surface area contributed by atoms with Crippen molar-refractivity contribution in [3.05, 3.63) is 24.0 Å². The first-order valence-electron chi connectivity index (χ1n) is 5.36. The number of nitrogens with zero attached hydrogens (tertiary/aromatic N) is 1. The summed E-state index contributed by atoms with van der Waals surface area (Å²) in [5.74, 6) is -0.721. The Morgan fingerprint density at radius 3 is 2.69 bits per heavy atom. The van der Waals surface area contributed by atoms with Crippen LogP contribution < -0.4 is 4.74 Å². The second-order valence-electron chi connectivity index (χ2n) is 3.95. The van der Waals surface area contributed by atoms with Gasteiger partial charge in [0, 0.05) is 6.20 Å². The lowest BCUT2D eigenvalue weighted by Gasteiger charge is -2.16. The van der Waals surface area contributed by atoms with Crippen LogP contribution in [0.1, 0.15) is 32.3 Å². The van der Waals surface area contributed by atoms with Gasteiger partial charge in [-0.3, -0.25) is 9.78 Å². The molecule has 0 spiro atoms. The minimum absolute atomic E-state index is 0.0242. The maximum absolute atomic E-state index is 11.1. The van der Waals surface area contributed by atoms with Crippen molar-refractivity contribution >= 4 is 5.97 Å². The molecule has 1 rings (SSSR count). The molecule has 0 aromatic carbocycles. The lowest BCUT2D eigenvalue weighted by atomic mass is 9.89. The Balaban J connectivity index is 3.00. The average molecular weight is 223 g/mol. The molecule has 1 atom stereocenters. The normalized spacial score (nSPS) is 12.5. The highest BCUT2D eigenvalue weighted by atomic mass is 16.5. The van der Waals surface area contributed by atoms with Crippen LogP contribution in [0, 0.1) is 5.92 Å². The van der Waals surface area contributed by atoms with Crippen molar-refractivity contribution in [3.8, 4) is 5.75 Å². The summed E-state index contributed by atoms with van der Waals surface area (Å²) in [6, 6.07) is 1.75. The monoisotopic (exact) mass is 223 g/mol. The number of hydrogen-bond acceptors (Lipinski definition) is 3. The molecule has 1 aromatic heterocycles. The Bertz CT molecular complexity index is 363. The second kappa shape index (κ2) is 5.49. The Labute approximate surface area is 95.3 Å². The van der Waals surface area contributed by atoms with E-state index in [-0.39, 0.29) is 5.92 Å². The van der Waals surface area contributed by atoms with Gasteiger partial charge in [-0.2, -0.15) is 0 Å². The van der Waals surface area contributed by atoms with Gasteiger partial charge in [-0.1, -0.05) is 13.8 Å². The fraction of sp³-hybridized carbons (Fsp3) is 0.500. The van der Waals surface area contributed by atoms with Crippen molar-refractivity contribution in [1.82, 2.24) is 4.98 Å². The molecule has 0 aliphatic carbocycles. The van der Waals surface area contributed by atoms with E-state index in [1.807, 2.05) is 20.8 Å². The summed E-state index contributed by atoms with van der Waals surface area (Å²) in [6.45, 7) is 6.19. The maximum atomic E-state index is 11.1. The molecule has 4 heteroatoms. The number of carbonyl (C=O) groups is 1. The molecule has 1 aromatic rings. The topological polar surface area (TPSA) is 59.4 Å². The third-order valence-electron chi connectivity index (χ3n) is 2.34. The summed E-state index contributed by atoms with van der Waals surface area (Å²) in [4.78, 5) is 15.1. The maximum Gasteiger partial charge on any atom is 0.311 e. The minimum Gasteiger partial charge on any atom is -0.492 e. The molecule has 88 valence electrons. The SMILES string of the molecule is CCOc1cncc(C(C(=O)O)C(C)C)c1. The van der Waals surface area contributed by atoms with Gasteiger partial charge in [-0.05, 0) is 24.5 Å². The number of carboxylic acids is 1. The quantitative estimate of drug-likeness (QED) is 0.832. The van der Waals surface area contributed by atoms with E-state index in [1.165, 1.54) is 0 Å². The first-order chi connectivity index (χ1) is 7.56. The van der Waals surface area contributed by atoms with E-state index >= 15 is 0 Å². The van der Waals surface area contributed by atoms with E-state index in [0.29, 0.717) is 17.9 Å². The number of rotatable bonds is 5. The van der Waals surface area contributed by atoms with Crippen LogP contribution >= 0.6 is 0 Å². The van der Waals surface area contributed by atoms with Crippen molar-refractivity contribution in [2.45, 2.75) is 26.7 Å². The lowest BCUT2D eigenvalue weighted by Crippen LogP contribution is -2.17. The smallest absolute Gasteiger partial charge is 0.311 e. The highest BCUT2D eigenvalue weighted by Crippen LogP contribution is 2.26. The highest BCUT2D eigenvalue weighted by Gasteiger charge is 2.24. The van der Waals surface area contributed by atoms with Crippen molar-refractivity contribution in [2.24, 2.45) is 5.92 Å². The van der Waals surface area contributed by atoms with Gasteiger partial charge in [-0.25, -0.2) is 0 Å². The lowest BCUT2D eigenvalue weighted by molar-refractivity contribution is -0.139. The van der Waals surface area contributed by atoms with E-state index in [1.54, 1.807) is 18.5 Å². The summed E-state index contributed by atoms with van der Waals surface area (Å²) in [5.41, 5.74) is 0.688. The standard InChI is InChI=1S/C12H17NO3/c1-4-16-10-5-9(6-13-7-10)11(8(2)3)12(14)15/h5-8,11H,4H2,1-3H3,(H,14,15). The zero-order valence-corrected chi connectivity index (χ0v) is 9.80. The molecule has 0 aliphatic heterocycles. The Hall–Kier alpha value is -1.58. The number of aromatic nitrogens is 1. The third-order valence-corrected chi connectivity index (χ3v) is 2.34. The molecule has 16 heavy (non-hydrogen) atoms. The molecule has 0 bridgehead atoms. The largest absolute Gasteiger partial charge is 0.492 e. The number of ether oxygens (including phenoxy) is 1. The summed E-state index contributed by atoms with van der Waals surface area (Å²) in [5, 5.41) is 9.15. The van der Waals surface area contributed by atoms with Gasteiger partial charge in [0.25, 0.3) is 0 Å². The molecule has 1 unspecified atom stereocenters. The van der Waals surface area contributed by atoms with Gasteiger partial charge < -0.3 is 9.84 Å². The molecular weight excluding hydrogens is 206 g/mol. The third kappa shape index (κ3) is 2.95. The van der Waals surface area contributed by atoms with Crippen molar-refractivity contribution in [3.63, 3.8) is 0 Å². The molecule has 0 saturated carbocycles. The van der Waals surface area contributed by atoms with Gasteiger partial charge in [0.15, 0.2) is 0 Å².